The summed E-state index contributed by atoms with van der Waals surface area (Å²) in [5, 5.41) is 3.36. The molecule has 0 spiro atoms. The molecule has 1 atom stereocenters. The molecule has 2 fully saturated rings. The molecule has 1 saturated heterocycles. The Balaban J connectivity index is 1.80. The monoisotopic (exact) mass is 317 g/mol. The minimum atomic E-state index is -3.30. The number of hydrogen-bond donors (Lipinski definition) is 2. The molecule has 0 aromatic carbocycles. The molecule has 124 valence electrons. The van der Waals surface area contributed by atoms with Crippen molar-refractivity contribution in [2.75, 3.05) is 26.2 Å². The average Bonchev–Trinajstić information content (AvgIpc) is 2.99. The summed E-state index contributed by atoms with van der Waals surface area (Å²) in [4.78, 5) is 0. The van der Waals surface area contributed by atoms with Gasteiger partial charge in [-0.05, 0) is 57.5 Å². The van der Waals surface area contributed by atoms with Gasteiger partial charge in [0.25, 0.3) is 10.2 Å². The maximum Gasteiger partial charge on any atom is 0.279 e. The van der Waals surface area contributed by atoms with Gasteiger partial charge in [0.15, 0.2) is 0 Å². The number of rotatable bonds is 7. The molecule has 0 aromatic rings. The lowest BCUT2D eigenvalue weighted by Gasteiger charge is -2.33. The Morgan fingerprint density at radius 1 is 1.14 bits per heavy atom. The predicted molar refractivity (Wildman–Crippen MR) is 86.3 cm³/mol. The second-order valence-electron chi connectivity index (χ2n) is 6.61. The van der Waals surface area contributed by atoms with E-state index in [9.17, 15) is 8.42 Å². The van der Waals surface area contributed by atoms with Crippen LogP contribution in [-0.4, -0.2) is 44.9 Å². The smallest absolute Gasteiger partial charge is 0.279 e. The van der Waals surface area contributed by atoms with E-state index in [1.54, 1.807) is 4.31 Å². The molecule has 2 N–H and O–H groups in total. The fraction of sp³-hybridized carbons (Fsp3) is 1.00. The van der Waals surface area contributed by atoms with Crippen molar-refractivity contribution in [3.05, 3.63) is 0 Å². The second kappa shape index (κ2) is 7.90. The van der Waals surface area contributed by atoms with Gasteiger partial charge in [-0.15, -0.1) is 0 Å². The molecule has 1 heterocycles. The lowest BCUT2D eigenvalue weighted by atomic mass is 9.98. The van der Waals surface area contributed by atoms with Gasteiger partial charge in [0.2, 0.25) is 0 Å². The third kappa shape index (κ3) is 4.91. The van der Waals surface area contributed by atoms with E-state index in [1.807, 2.05) is 6.92 Å². The molecular formula is C15H31N3O2S. The molecule has 21 heavy (non-hydrogen) atoms. The van der Waals surface area contributed by atoms with Crippen LogP contribution in [-0.2, 0) is 10.2 Å². The predicted octanol–water partition coefficient (Wildman–Crippen LogP) is 1.72. The molecular weight excluding hydrogens is 286 g/mol. The van der Waals surface area contributed by atoms with E-state index in [0.29, 0.717) is 24.9 Å². The molecule has 0 aromatic heterocycles. The Morgan fingerprint density at radius 3 is 2.33 bits per heavy atom. The summed E-state index contributed by atoms with van der Waals surface area (Å²) in [5.74, 6) is 1.13. The summed E-state index contributed by atoms with van der Waals surface area (Å²) in [6.07, 6.45) is 6.74. The van der Waals surface area contributed by atoms with Crippen LogP contribution in [0.5, 0.6) is 0 Å². The summed E-state index contributed by atoms with van der Waals surface area (Å²) < 4.78 is 29.5. The van der Waals surface area contributed by atoms with Gasteiger partial charge >= 0.3 is 0 Å². The highest BCUT2D eigenvalue weighted by atomic mass is 32.2. The Bertz CT molecular complexity index is 399. The largest absolute Gasteiger partial charge is 0.317 e. The van der Waals surface area contributed by atoms with E-state index in [2.05, 4.69) is 17.0 Å². The molecule has 0 radical (unpaired) electrons. The summed E-state index contributed by atoms with van der Waals surface area (Å²) in [7, 11) is -3.30. The SMILES string of the molecule is CCNCC1CCN(S(=O)(=O)NC(C)C2CCCC2)CC1. The highest BCUT2D eigenvalue weighted by Crippen LogP contribution is 2.28. The van der Waals surface area contributed by atoms with Gasteiger partial charge < -0.3 is 5.32 Å². The van der Waals surface area contributed by atoms with Crippen molar-refractivity contribution in [1.29, 1.82) is 0 Å². The fourth-order valence-electron chi connectivity index (χ4n) is 3.57. The van der Waals surface area contributed by atoms with Crippen molar-refractivity contribution in [3.8, 4) is 0 Å². The Hall–Kier alpha value is -0.170. The lowest BCUT2D eigenvalue weighted by Crippen LogP contribution is -2.49. The zero-order chi connectivity index (χ0) is 15.3. The van der Waals surface area contributed by atoms with Crippen molar-refractivity contribution in [1.82, 2.24) is 14.3 Å². The quantitative estimate of drug-likeness (QED) is 0.751. The molecule has 0 bridgehead atoms. The average molecular weight is 317 g/mol. The highest BCUT2D eigenvalue weighted by molar-refractivity contribution is 7.87. The summed E-state index contributed by atoms with van der Waals surface area (Å²) in [6, 6.07) is 0.0666. The topological polar surface area (TPSA) is 61.4 Å². The van der Waals surface area contributed by atoms with E-state index in [-0.39, 0.29) is 6.04 Å². The van der Waals surface area contributed by atoms with Crippen molar-refractivity contribution in [3.63, 3.8) is 0 Å². The standard InChI is InChI=1S/C15H31N3O2S/c1-3-16-12-14-8-10-18(11-9-14)21(19,20)17-13(2)15-6-4-5-7-15/h13-17H,3-12H2,1-2H3. The van der Waals surface area contributed by atoms with Crippen molar-refractivity contribution in [2.45, 2.75) is 58.4 Å². The number of piperidine rings is 1. The van der Waals surface area contributed by atoms with E-state index in [4.69, 9.17) is 0 Å². The maximum absolute atomic E-state index is 12.5. The first-order valence-corrected chi connectivity index (χ1v) is 9.95. The van der Waals surface area contributed by atoms with E-state index in [0.717, 1.165) is 38.8 Å². The zero-order valence-corrected chi connectivity index (χ0v) is 14.3. The van der Waals surface area contributed by atoms with E-state index in [1.165, 1.54) is 12.8 Å². The molecule has 1 aliphatic carbocycles. The third-order valence-electron chi connectivity index (χ3n) is 5.04. The van der Waals surface area contributed by atoms with Crippen molar-refractivity contribution >= 4 is 10.2 Å². The van der Waals surface area contributed by atoms with Crippen LogP contribution in [0.2, 0.25) is 0 Å². The van der Waals surface area contributed by atoms with Crippen LogP contribution in [0, 0.1) is 11.8 Å². The number of nitrogens with one attached hydrogen (secondary N) is 2. The molecule has 1 aliphatic heterocycles. The molecule has 5 nitrogen and oxygen atoms in total. The van der Waals surface area contributed by atoms with Gasteiger partial charge in [0.05, 0.1) is 0 Å². The van der Waals surface area contributed by atoms with Crippen LogP contribution in [0.4, 0.5) is 0 Å². The van der Waals surface area contributed by atoms with Crippen molar-refractivity contribution < 1.29 is 8.42 Å². The van der Waals surface area contributed by atoms with Gasteiger partial charge in [-0.2, -0.15) is 17.4 Å². The van der Waals surface area contributed by atoms with Gasteiger partial charge in [-0.1, -0.05) is 19.8 Å². The van der Waals surface area contributed by atoms with Crippen molar-refractivity contribution in [2.24, 2.45) is 11.8 Å². The first-order chi connectivity index (χ1) is 10.0. The second-order valence-corrected chi connectivity index (χ2v) is 8.31. The minimum absolute atomic E-state index is 0.0666. The summed E-state index contributed by atoms with van der Waals surface area (Å²) in [6.45, 7) is 7.43. The molecule has 1 saturated carbocycles. The van der Waals surface area contributed by atoms with Gasteiger partial charge in [0, 0.05) is 19.1 Å². The van der Waals surface area contributed by atoms with Crippen LogP contribution in [0.25, 0.3) is 0 Å². The first-order valence-electron chi connectivity index (χ1n) is 8.51. The van der Waals surface area contributed by atoms with Crippen LogP contribution < -0.4 is 10.0 Å². The Kier molecular flexibility index (Phi) is 6.47. The van der Waals surface area contributed by atoms with E-state index >= 15 is 0 Å². The Morgan fingerprint density at radius 2 is 1.76 bits per heavy atom. The molecule has 6 heteroatoms. The minimum Gasteiger partial charge on any atom is -0.317 e. The lowest BCUT2D eigenvalue weighted by molar-refractivity contribution is 0.263. The zero-order valence-electron chi connectivity index (χ0n) is 13.5. The molecule has 1 unspecified atom stereocenters. The van der Waals surface area contributed by atoms with Gasteiger partial charge in [-0.25, -0.2) is 0 Å². The van der Waals surface area contributed by atoms with Crippen LogP contribution in [0.3, 0.4) is 0 Å². The maximum atomic E-state index is 12.5. The first kappa shape index (κ1) is 17.2. The fourth-order valence-corrected chi connectivity index (χ4v) is 5.07. The van der Waals surface area contributed by atoms with Crippen LogP contribution in [0.1, 0.15) is 52.4 Å². The number of hydrogen-bond acceptors (Lipinski definition) is 3. The molecule has 2 rings (SSSR count). The van der Waals surface area contributed by atoms with Gasteiger partial charge in [-0.3, -0.25) is 0 Å². The molecule has 2 aliphatic rings. The normalized spacial score (nSPS) is 24.5. The number of nitrogens with zero attached hydrogens (tertiary/aromatic N) is 1. The molecule has 0 amide bonds. The van der Waals surface area contributed by atoms with E-state index < -0.39 is 10.2 Å². The third-order valence-corrected chi connectivity index (χ3v) is 6.75. The summed E-state index contributed by atoms with van der Waals surface area (Å²) >= 11 is 0. The Labute approximate surface area is 130 Å². The summed E-state index contributed by atoms with van der Waals surface area (Å²) in [5.41, 5.74) is 0. The van der Waals surface area contributed by atoms with Crippen LogP contribution >= 0.6 is 0 Å². The van der Waals surface area contributed by atoms with Gasteiger partial charge in [0.1, 0.15) is 0 Å². The highest BCUT2D eigenvalue weighted by Gasteiger charge is 2.31. The van der Waals surface area contributed by atoms with Crippen LogP contribution in [0.15, 0.2) is 0 Å².